The summed E-state index contributed by atoms with van der Waals surface area (Å²) >= 11 is 0. The molecule has 4 heteroatoms. The quantitative estimate of drug-likeness (QED) is 0.553. The Labute approximate surface area is 108 Å². The van der Waals surface area contributed by atoms with Gasteiger partial charge in [0.25, 0.3) is 0 Å². The molecule has 1 aliphatic rings. The van der Waals surface area contributed by atoms with Crippen molar-refractivity contribution in [3.63, 3.8) is 0 Å². The van der Waals surface area contributed by atoms with Crippen molar-refractivity contribution in [2.45, 2.75) is 39.0 Å². The van der Waals surface area contributed by atoms with Crippen LogP contribution in [0.15, 0.2) is 12.1 Å². The number of fused-ring (bicyclic) bond motifs is 1. The van der Waals surface area contributed by atoms with Crippen molar-refractivity contribution in [3.8, 4) is 0 Å². The monoisotopic (exact) mass is 247 g/mol. The Balaban J connectivity index is 2.06. The van der Waals surface area contributed by atoms with E-state index in [0.29, 0.717) is 6.42 Å². The van der Waals surface area contributed by atoms with Crippen LogP contribution in [0.25, 0.3) is 0 Å². The molecule has 2 rings (SSSR count). The van der Waals surface area contributed by atoms with Crippen LogP contribution in [0.3, 0.4) is 0 Å². The van der Waals surface area contributed by atoms with Crippen LogP contribution in [-0.2, 0) is 11.2 Å². The fourth-order valence-corrected chi connectivity index (χ4v) is 2.20. The molecular formula is C14H21N3O. The molecule has 98 valence electrons. The summed E-state index contributed by atoms with van der Waals surface area (Å²) < 4.78 is 0. The van der Waals surface area contributed by atoms with Gasteiger partial charge in [-0.05, 0) is 30.5 Å². The van der Waals surface area contributed by atoms with Crippen LogP contribution >= 0.6 is 0 Å². The topological polar surface area (TPSA) is 67.1 Å². The second-order valence-corrected chi connectivity index (χ2v) is 4.78. The highest BCUT2D eigenvalue weighted by molar-refractivity contribution is 5.95. The van der Waals surface area contributed by atoms with Crippen molar-refractivity contribution < 1.29 is 4.79 Å². The number of nitrogen functional groups attached to an aromatic ring is 1. The van der Waals surface area contributed by atoms with E-state index in [1.807, 2.05) is 12.1 Å². The fourth-order valence-electron chi connectivity index (χ4n) is 2.20. The molecule has 1 amide bonds. The average molecular weight is 247 g/mol. The van der Waals surface area contributed by atoms with Gasteiger partial charge in [0.1, 0.15) is 0 Å². The number of hydrogen-bond donors (Lipinski definition) is 3. The van der Waals surface area contributed by atoms with Gasteiger partial charge in [-0.25, -0.2) is 0 Å². The Hall–Kier alpha value is -1.71. The summed E-state index contributed by atoms with van der Waals surface area (Å²) in [7, 11) is 0. The van der Waals surface area contributed by atoms with Gasteiger partial charge in [-0.1, -0.05) is 19.8 Å². The number of carbonyl (C=O) groups is 1. The Morgan fingerprint density at radius 2 is 2.17 bits per heavy atom. The molecule has 0 radical (unpaired) electrons. The summed E-state index contributed by atoms with van der Waals surface area (Å²) in [6.07, 6.45) is 4.89. The molecule has 1 aromatic carbocycles. The van der Waals surface area contributed by atoms with E-state index in [0.717, 1.165) is 42.0 Å². The largest absolute Gasteiger partial charge is 0.397 e. The van der Waals surface area contributed by atoms with Crippen molar-refractivity contribution >= 4 is 23.0 Å². The van der Waals surface area contributed by atoms with Gasteiger partial charge in [-0.3, -0.25) is 4.79 Å². The zero-order chi connectivity index (χ0) is 13.0. The van der Waals surface area contributed by atoms with Gasteiger partial charge in [0.05, 0.1) is 11.4 Å². The average Bonchev–Trinajstić information content (AvgIpc) is 2.35. The van der Waals surface area contributed by atoms with Gasteiger partial charge < -0.3 is 16.4 Å². The van der Waals surface area contributed by atoms with Crippen molar-refractivity contribution in [1.29, 1.82) is 0 Å². The second kappa shape index (κ2) is 5.76. The summed E-state index contributed by atoms with van der Waals surface area (Å²) in [6.45, 7) is 3.10. The third-order valence-electron chi connectivity index (χ3n) is 3.27. The van der Waals surface area contributed by atoms with Crippen molar-refractivity contribution in [3.05, 3.63) is 17.7 Å². The third kappa shape index (κ3) is 2.94. The Morgan fingerprint density at radius 1 is 1.33 bits per heavy atom. The van der Waals surface area contributed by atoms with Crippen molar-refractivity contribution in [1.82, 2.24) is 0 Å². The molecule has 0 spiro atoms. The van der Waals surface area contributed by atoms with Gasteiger partial charge in [-0.2, -0.15) is 0 Å². The van der Waals surface area contributed by atoms with E-state index in [9.17, 15) is 4.79 Å². The third-order valence-corrected chi connectivity index (χ3v) is 3.27. The van der Waals surface area contributed by atoms with Crippen LogP contribution in [0.2, 0.25) is 0 Å². The van der Waals surface area contributed by atoms with Crippen molar-refractivity contribution in [2.24, 2.45) is 0 Å². The lowest BCUT2D eigenvalue weighted by atomic mass is 10.0. The van der Waals surface area contributed by atoms with E-state index in [2.05, 4.69) is 17.6 Å². The van der Waals surface area contributed by atoms with E-state index < -0.39 is 0 Å². The lowest BCUT2D eigenvalue weighted by molar-refractivity contribution is -0.116. The summed E-state index contributed by atoms with van der Waals surface area (Å²) in [5.41, 5.74) is 9.74. The highest BCUT2D eigenvalue weighted by atomic mass is 16.1. The number of hydrogen-bond acceptors (Lipinski definition) is 3. The Kier molecular flexibility index (Phi) is 4.07. The molecule has 0 aliphatic carbocycles. The zero-order valence-electron chi connectivity index (χ0n) is 10.9. The number of carbonyl (C=O) groups excluding carboxylic acids is 1. The number of rotatable bonds is 5. The van der Waals surface area contributed by atoms with Gasteiger partial charge in [0.15, 0.2) is 0 Å². The predicted molar refractivity (Wildman–Crippen MR) is 75.8 cm³/mol. The molecule has 0 atom stereocenters. The van der Waals surface area contributed by atoms with Gasteiger partial charge in [-0.15, -0.1) is 0 Å². The Bertz CT molecular complexity index is 443. The lowest BCUT2D eigenvalue weighted by Gasteiger charge is -2.19. The molecule has 0 fully saturated rings. The van der Waals surface area contributed by atoms with Crippen LogP contribution in [0, 0.1) is 0 Å². The Morgan fingerprint density at radius 3 is 2.94 bits per heavy atom. The summed E-state index contributed by atoms with van der Waals surface area (Å²) in [4.78, 5) is 11.4. The van der Waals surface area contributed by atoms with Gasteiger partial charge in [0.2, 0.25) is 5.91 Å². The number of anilines is 3. The number of nitrogens with two attached hydrogens (primary N) is 1. The first-order valence-electron chi connectivity index (χ1n) is 6.67. The molecular weight excluding hydrogens is 226 g/mol. The molecule has 1 aliphatic heterocycles. The molecule has 1 heterocycles. The highest BCUT2D eigenvalue weighted by Crippen LogP contribution is 2.30. The summed E-state index contributed by atoms with van der Waals surface area (Å²) in [5.74, 6) is 0.0872. The number of amides is 1. The molecule has 4 N–H and O–H groups in total. The number of benzene rings is 1. The maximum atomic E-state index is 11.4. The van der Waals surface area contributed by atoms with Crippen LogP contribution in [0.5, 0.6) is 0 Å². The maximum Gasteiger partial charge on any atom is 0.224 e. The first-order chi connectivity index (χ1) is 8.70. The standard InChI is InChI=1S/C14H21N3O/c1-2-3-4-7-16-13-9-12-10(8-11(13)15)5-6-14(18)17-12/h8-9,16H,2-7,15H2,1H3,(H,17,18). The van der Waals surface area contributed by atoms with Gasteiger partial charge >= 0.3 is 0 Å². The first kappa shape index (κ1) is 12.7. The van der Waals surface area contributed by atoms with E-state index in [4.69, 9.17) is 5.73 Å². The van der Waals surface area contributed by atoms with E-state index in [1.165, 1.54) is 12.8 Å². The number of aryl methyl sites for hydroxylation is 1. The minimum atomic E-state index is 0.0872. The minimum absolute atomic E-state index is 0.0872. The van der Waals surface area contributed by atoms with Crippen molar-refractivity contribution in [2.75, 3.05) is 22.9 Å². The van der Waals surface area contributed by atoms with Crippen LogP contribution < -0.4 is 16.4 Å². The molecule has 0 saturated carbocycles. The second-order valence-electron chi connectivity index (χ2n) is 4.78. The van der Waals surface area contributed by atoms with Crippen LogP contribution in [0.4, 0.5) is 17.1 Å². The lowest BCUT2D eigenvalue weighted by Crippen LogP contribution is -2.19. The van der Waals surface area contributed by atoms with E-state index in [1.54, 1.807) is 0 Å². The van der Waals surface area contributed by atoms with Crippen LogP contribution in [-0.4, -0.2) is 12.5 Å². The highest BCUT2D eigenvalue weighted by Gasteiger charge is 2.16. The molecule has 0 bridgehead atoms. The molecule has 4 nitrogen and oxygen atoms in total. The van der Waals surface area contributed by atoms with E-state index in [-0.39, 0.29) is 5.91 Å². The predicted octanol–water partition coefficient (Wildman–Crippen LogP) is 2.76. The number of unbranched alkanes of at least 4 members (excludes halogenated alkanes) is 2. The fraction of sp³-hybridized carbons (Fsp3) is 0.500. The summed E-state index contributed by atoms with van der Waals surface area (Å²) in [5, 5.41) is 6.23. The van der Waals surface area contributed by atoms with E-state index >= 15 is 0 Å². The smallest absolute Gasteiger partial charge is 0.224 e. The minimum Gasteiger partial charge on any atom is -0.397 e. The molecule has 1 aromatic rings. The normalized spacial score (nSPS) is 13.9. The molecule has 0 unspecified atom stereocenters. The molecule has 0 aromatic heterocycles. The van der Waals surface area contributed by atoms with Crippen LogP contribution in [0.1, 0.15) is 38.2 Å². The van der Waals surface area contributed by atoms with Gasteiger partial charge in [0, 0.05) is 18.7 Å². The maximum absolute atomic E-state index is 11.4. The first-order valence-corrected chi connectivity index (χ1v) is 6.67. The zero-order valence-corrected chi connectivity index (χ0v) is 10.9. The SMILES string of the molecule is CCCCCNc1cc2c(cc1N)CCC(=O)N2. The number of nitrogens with one attached hydrogen (secondary N) is 2. The summed E-state index contributed by atoms with van der Waals surface area (Å²) in [6, 6.07) is 3.92. The molecule has 18 heavy (non-hydrogen) atoms. The molecule has 0 saturated heterocycles.